The number of rotatable bonds is 2. The first-order valence-corrected chi connectivity index (χ1v) is 5.10. The summed E-state index contributed by atoms with van der Waals surface area (Å²) < 4.78 is 0. The van der Waals surface area contributed by atoms with Gasteiger partial charge in [-0.2, -0.15) is 5.26 Å². The highest BCUT2D eigenvalue weighted by molar-refractivity contribution is 5.29. The van der Waals surface area contributed by atoms with E-state index in [0.29, 0.717) is 5.82 Å². The molecule has 1 aliphatic heterocycles. The van der Waals surface area contributed by atoms with Crippen molar-refractivity contribution in [3.63, 3.8) is 0 Å². The molecular weight excluding hydrogens is 188 g/mol. The summed E-state index contributed by atoms with van der Waals surface area (Å²) in [6.45, 7) is 2.74. The molecule has 0 amide bonds. The number of hydrogen-bond acceptors (Lipinski definition) is 4. The summed E-state index contributed by atoms with van der Waals surface area (Å²) in [4.78, 5) is 6.33. The van der Waals surface area contributed by atoms with Crippen LogP contribution in [0.25, 0.3) is 0 Å². The number of hydrogen-bond donors (Lipinski definition) is 1. The van der Waals surface area contributed by atoms with Crippen molar-refractivity contribution in [2.45, 2.75) is 13.0 Å². The number of nitrogens with zero attached hydrogens (tertiary/aromatic N) is 3. The van der Waals surface area contributed by atoms with Crippen molar-refractivity contribution >= 4 is 5.82 Å². The van der Waals surface area contributed by atoms with E-state index in [4.69, 9.17) is 11.0 Å². The molecule has 2 rings (SSSR count). The van der Waals surface area contributed by atoms with Crippen LogP contribution >= 0.6 is 0 Å². The maximum absolute atomic E-state index is 8.78. The molecule has 4 nitrogen and oxygen atoms in total. The maximum Gasteiger partial charge on any atom is 0.123 e. The Morgan fingerprint density at radius 3 is 3.07 bits per heavy atom. The lowest BCUT2D eigenvalue weighted by atomic mass is 10.1. The van der Waals surface area contributed by atoms with Crippen LogP contribution in [0.3, 0.4) is 0 Å². The van der Waals surface area contributed by atoms with E-state index in [9.17, 15) is 0 Å². The van der Waals surface area contributed by atoms with E-state index in [-0.39, 0.29) is 5.92 Å². The molecule has 1 unspecified atom stereocenters. The van der Waals surface area contributed by atoms with Gasteiger partial charge in [-0.05, 0) is 24.6 Å². The van der Waals surface area contributed by atoms with Crippen LogP contribution in [0.15, 0.2) is 18.3 Å². The average Bonchev–Trinajstić information content (AvgIpc) is 2.69. The minimum atomic E-state index is 0.201. The van der Waals surface area contributed by atoms with Crippen molar-refractivity contribution in [3.05, 3.63) is 23.9 Å². The van der Waals surface area contributed by atoms with Gasteiger partial charge in [0.05, 0.1) is 12.0 Å². The number of anilines is 1. The lowest BCUT2D eigenvalue weighted by Crippen LogP contribution is -2.19. The van der Waals surface area contributed by atoms with Crippen molar-refractivity contribution < 1.29 is 0 Å². The zero-order valence-electron chi connectivity index (χ0n) is 8.56. The Labute approximate surface area is 89.3 Å². The van der Waals surface area contributed by atoms with Crippen molar-refractivity contribution in [3.8, 4) is 6.07 Å². The number of nitrogens with two attached hydrogens (primary N) is 1. The van der Waals surface area contributed by atoms with Crippen LogP contribution in [-0.4, -0.2) is 23.0 Å². The molecule has 0 saturated carbocycles. The third-order valence-electron chi connectivity index (χ3n) is 2.71. The second kappa shape index (κ2) is 4.28. The minimum Gasteiger partial charge on any atom is -0.384 e. The molecule has 1 aliphatic rings. The summed E-state index contributed by atoms with van der Waals surface area (Å²) in [6.07, 6.45) is 2.79. The standard InChI is InChI=1S/C11H14N4/c12-5-9-3-4-15(7-9)8-10-1-2-11(13)14-6-10/h1-2,6,9H,3-4,7-8H2,(H2,13,14). The van der Waals surface area contributed by atoms with Crippen molar-refractivity contribution in [1.29, 1.82) is 5.26 Å². The second-order valence-corrected chi connectivity index (χ2v) is 3.94. The van der Waals surface area contributed by atoms with Crippen molar-refractivity contribution in [1.82, 2.24) is 9.88 Å². The first kappa shape index (κ1) is 9.94. The first-order chi connectivity index (χ1) is 7.28. The van der Waals surface area contributed by atoms with E-state index in [1.165, 1.54) is 0 Å². The van der Waals surface area contributed by atoms with Crippen molar-refractivity contribution in [2.75, 3.05) is 18.8 Å². The quantitative estimate of drug-likeness (QED) is 0.777. The van der Waals surface area contributed by atoms with Gasteiger partial charge in [-0.3, -0.25) is 4.90 Å². The van der Waals surface area contributed by atoms with Crippen LogP contribution in [0.2, 0.25) is 0 Å². The number of nitriles is 1. The van der Waals surface area contributed by atoms with Gasteiger partial charge in [0.1, 0.15) is 5.82 Å². The molecule has 1 aromatic rings. The fraction of sp³-hybridized carbons (Fsp3) is 0.455. The van der Waals surface area contributed by atoms with E-state index >= 15 is 0 Å². The van der Waals surface area contributed by atoms with Gasteiger partial charge in [-0.25, -0.2) is 4.98 Å². The molecule has 15 heavy (non-hydrogen) atoms. The van der Waals surface area contributed by atoms with E-state index in [2.05, 4.69) is 16.0 Å². The van der Waals surface area contributed by atoms with Gasteiger partial charge in [0.25, 0.3) is 0 Å². The first-order valence-electron chi connectivity index (χ1n) is 5.10. The molecule has 0 aliphatic carbocycles. The minimum absolute atomic E-state index is 0.201. The molecule has 2 heterocycles. The summed E-state index contributed by atoms with van der Waals surface area (Å²) in [6, 6.07) is 6.11. The Kier molecular flexibility index (Phi) is 2.84. The Bertz CT molecular complexity index is 365. The van der Waals surface area contributed by atoms with E-state index < -0.39 is 0 Å². The molecule has 1 fully saturated rings. The number of nitrogen functional groups attached to an aromatic ring is 1. The van der Waals surface area contributed by atoms with Gasteiger partial charge < -0.3 is 5.73 Å². The van der Waals surface area contributed by atoms with E-state index in [1.807, 2.05) is 12.1 Å². The molecule has 0 aromatic carbocycles. The Hall–Kier alpha value is -1.60. The maximum atomic E-state index is 8.78. The summed E-state index contributed by atoms with van der Waals surface area (Å²) >= 11 is 0. The zero-order chi connectivity index (χ0) is 10.7. The highest BCUT2D eigenvalue weighted by atomic mass is 15.1. The van der Waals surface area contributed by atoms with Gasteiger partial charge in [-0.15, -0.1) is 0 Å². The average molecular weight is 202 g/mol. The van der Waals surface area contributed by atoms with Crippen LogP contribution < -0.4 is 5.73 Å². The Balaban J connectivity index is 1.93. The smallest absolute Gasteiger partial charge is 0.123 e. The SMILES string of the molecule is N#CC1CCN(Cc2ccc(N)nc2)C1. The van der Waals surface area contributed by atoms with Gasteiger partial charge >= 0.3 is 0 Å². The van der Waals surface area contributed by atoms with Crippen molar-refractivity contribution in [2.24, 2.45) is 5.92 Å². The Morgan fingerprint density at radius 2 is 2.47 bits per heavy atom. The third-order valence-corrected chi connectivity index (χ3v) is 2.71. The van der Waals surface area contributed by atoms with Gasteiger partial charge in [-0.1, -0.05) is 6.07 Å². The molecule has 0 spiro atoms. The molecule has 4 heteroatoms. The van der Waals surface area contributed by atoms with Crippen LogP contribution in [0.4, 0.5) is 5.82 Å². The normalized spacial score (nSPS) is 21.4. The van der Waals surface area contributed by atoms with Gasteiger partial charge in [0.15, 0.2) is 0 Å². The predicted octanol–water partition coefficient (Wildman–Crippen LogP) is 1.01. The summed E-state index contributed by atoms with van der Waals surface area (Å²) in [7, 11) is 0. The molecule has 2 N–H and O–H groups in total. The van der Waals surface area contributed by atoms with Crippen LogP contribution in [0.1, 0.15) is 12.0 Å². The summed E-state index contributed by atoms with van der Waals surface area (Å²) in [5.74, 6) is 0.752. The van der Waals surface area contributed by atoms with Crippen LogP contribution in [0.5, 0.6) is 0 Å². The largest absolute Gasteiger partial charge is 0.384 e. The van der Waals surface area contributed by atoms with Crippen LogP contribution in [0, 0.1) is 17.2 Å². The number of aromatic nitrogens is 1. The lowest BCUT2D eigenvalue weighted by Gasteiger charge is -2.14. The highest BCUT2D eigenvalue weighted by Gasteiger charge is 2.21. The lowest BCUT2D eigenvalue weighted by molar-refractivity contribution is 0.324. The van der Waals surface area contributed by atoms with E-state index in [1.54, 1.807) is 6.20 Å². The topological polar surface area (TPSA) is 65.9 Å². The summed E-state index contributed by atoms with van der Waals surface area (Å²) in [5.41, 5.74) is 6.67. The fourth-order valence-corrected chi connectivity index (χ4v) is 1.87. The molecular formula is C11H14N4. The van der Waals surface area contributed by atoms with Gasteiger partial charge in [0.2, 0.25) is 0 Å². The Morgan fingerprint density at radius 1 is 1.60 bits per heavy atom. The summed E-state index contributed by atoms with van der Waals surface area (Å²) in [5, 5.41) is 8.78. The third kappa shape index (κ3) is 2.45. The van der Waals surface area contributed by atoms with Gasteiger partial charge in [0, 0.05) is 19.3 Å². The molecule has 0 radical (unpaired) electrons. The molecule has 78 valence electrons. The number of pyridine rings is 1. The molecule has 1 saturated heterocycles. The van der Waals surface area contributed by atoms with Crippen LogP contribution in [-0.2, 0) is 6.54 Å². The predicted molar refractivity (Wildman–Crippen MR) is 57.6 cm³/mol. The fourth-order valence-electron chi connectivity index (χ4n) is 1.87. The molecule has 1 atom stereocenters. The number of likely N-dealkylation sites (tertiary alicyclic amines) is 1. The highest BCUT2D eigenvalue weighted by Crippen LogP contribution is 2.17. The monoisotopic (exact) mass is 202 g/mol. The second-order valence-electron chi connectivity index (χ2n) is 3.94. The molecule has 0 bridgehead atoms. The zero-order valence-corrected chi connectivity index (χ0v) is 8.56. The van der Waals surface area contributed by atoms with E-state index in [0.717, 1.165) is 31.6 Å². The molecule has 1 aromatic heterocycles.